The number of rotatable bonds is 3. The molecule has 18 heavy (non-hydrogen) atoms. The third-order valence-corrected chi connectivity index (χ3v) is 4.04. The van der Waals surface area contributed by atoms with Gasteiger partial charge >= 0.3 is 6.09 Å². The van der Waals surface area contributed by atoms with Crippen molar-refractivity contribution in [1.29, 1.82) is 0 Å². The van der Waals surface area contributed by atoms with Crippen LogP contribution in [0.4, 0.5) is 4.79 Å². The van der Waals surface area contributed by atoms with Gasteiger partial charge in [0.25, 0.3) is 0 Å². The van der Waals surface area contributed by atoms with E-state index in [1.54, 1.807) is 0 Å². The number of hydrogen-bond acceptors (Lipinski definition) is 3. The number of nitrogens with zero attached hydrogens (tertiary/aromatic N) is 2. The molecule has 0 aromatic carbocycles. The van der Waals surface area contributed by atoms with Crippen LogP contribution in [0.2, 0.25) is 0 Å². The SMILES string of the molecule is CC(C)COC(=O)N1CC2CN(C(C)C)CC2C1. The molecule has 0 N–H and O–H groups in total. The first-order valence-corrected chi connectivity index (χ1v) is 7.13. The Bertz CT molecular complexity index is 290. The van der Waals surface area contributed by atoms with Crippen LogP contribution in [0.3, 0.4) is 0 Å². The zero-order valence-electron chi connectivity index (χ0n) is 12.1. The molecule has 0 aromatic rings. The van der Waals surface area contributed by atoms with Gasteiger partial charge in [-0.1, -0.05) is 13.8 Å². The highest BCUT2D eigenvalue weighted by Gasteiger charge is 2.42. The Morgan fingerprint density at radius 3 is 2.11 bits per heavy atom. The molecule has 0 spiro atoms. The van der Waals surface area contributed by atoms with Gasteiger partial charge < -0.3 is 14.5 Å². The predicted octanol–water partition coefficient (Wildman–Crippen LogP) is 2.05. The quantitative estimate of drug-likeness (QED) is 0.773. The average molecular weight is 254 g/mol. The summed E-state index contributed by atoms with van der Waals surface area (Å²) in [5, 5.41) is 0. The molecule has 2 saturated heterocycles. The van der Waals surface area contributed by atoms with Gasteiger partial charge in [-0.25, -0.2) is 4.79 Å². The Morgan fingerprint density at radius 2 is 1.67 bits per heavy atom. The maximum atomic E-state index is 11.9. The number of carbonyl (C=O) groups excluding carboxylic acids is 1. The van der Waals surface area contributed by atoms with Crippen molar-refractivity contribution < 1.29 is 9.53 Å². The van der Waals surface area contributed by atoms with E-state index in [9.17, 15) is 4.79 Å². The number of hydrogen-bond donors (Lipinski definition) is 0. The molecule has 0 saturated carbocycles. The summed E-state index contributed by atoms with van der Waals surface area (Å²) in [6, 6.07) is 0.622. The van der Waals surface area contributed by atoms with Crippen molar-refractivity contribution in [1.82, 2.24) is 9.80 Å². The molecule has 0 aromatic heterocycles. The fourth-order valence-corrected chi connectivity index (χ4v) is 2.93. The standard InChI is InChI=1S/C14H26N2O2/c1-10(2)9-18-14(17)16-7-12-5-15(11(3)4)6-13(12)8-16/h10-13H,5-9H2,1-4H3. The van der Waals surface area contributed by atoms with Crippen LogP contribution in [-0.4, -0.2) is 54.7 Å². The minimum Gasteiger partial charge on any atom is -0.449 e. The van der Waals surface area contributed by atoms with Gasteiger partial charge in [-0.3, -0.25) is 0 Å². The second-order valence-electron chi connectivity index (χ2n) is 6.44. The predicted molar refractivity (Wildman–Crippen MR) is 71.4 cm³/mol. The Balaban J connectivity index is 1.79. The first-order valence-electron chi connectivity index (χ1n) is 7.13. The lowest BCUT2D eigenvalue weighted by molar-refractivity contribution is 0.0948. The fourth-order valence-electron chi connectivity index (χ4n) is 2.93. The first-order chi connectivity index (χ1) is 8.47. The minimum atomic E-state index is -0.116. The molecule has 4 heteroatoms. The molecule has 2 atom stereocenters. The van der Waals surface area contributed by atoms with E-state index in [-0.39, 0.29) is 6.09 Å². The number of ether oxygens (including phenoxy) is 1. The number of carbonyl (C=O) groups is 1. The average Bonchev–Trinajstić information content (AvgIpc) is 2.82. The second-order valence-corrected chi connectivity index (χ2v) is 6.44. The van der Waals surface area contributed by atoms with Crippen molar-refractivity contribution in [3.8, 4) is 0 Å². The Hall–Kier alpha value is -0.770. The normalized spacial score (nSPS) is 28.2. The topological polar surface area (TPSA) is 32.8 Å². The summed E-state index contributed by atoms with van der Waals surface area (Å²) >= 11 is 0. The van der Waals surface area contributed by atoms with Crippen LogP contribution in [0.25, 0.3) is 0 Å². The van der Waals surface area contributed by atoms with Crippen molar-refractivity contribution in [2.24, 2.45) is 17.8 Å². The van der Waals surface area contributed by atoms with Gasteiger partial charge in [-0.2, -0.15) is 0 Å². The summed E-state index contributed by atoms with van der Waals surface area (Å²) in [4.78, 5) is 16.3. The number of fused-ring (bicyclic) bond motifs is 1. The van der Waals surface area contributed by atoms with E-state index in [1.165, 1.54) is 0 Å². The molecular weight excluding hydrogens is 228 g/mol. The zero-order chi connectivity index (χ0) is 13.3. The summed E-state index contributed by atoms with van der Waals surface area (Å²) in [6.07, 6.45) is -0.116. The monoisotopic (exact) mass is 254 g/mol. The third-order valence-electron chi connectivity index (χ3n) is 4.04. The van der Waals surface area contributed by atoms with Gasteiger partial charge in [0.2, 0.25) is 0 Å². The fraction of sp³-hybridized carbons (Fsp3) is 0.929. The van der Waals surface area contributed by atoms with E-state index in [0.29, 0.717) is 30.4 Å². The van der Waals surface area contributed by atoms with Crippen LogP contribution < -0.4 is 0 Å². The molecule has 1 amide bonds. The molecule has 2 unspecified atom stereocenters. The highest BCUT2D eigenvalue weighted by Crippen LogP contribution is 2.32. The van der Waals surface area contributed by atoms with Gasteiger partial charge in [-0.05, 0) is 31.6 Å². The molecule has 0 radical (unpaired) electrons. The Labute approximate surface area is 110 Å². The van der Waals surface area contributed by atoms with Gasteiger partial charge in [0.15, 0.2) is 0 Å². The van der Waals surface area contributed by atoms with E-state index in [1.807, 2.05) is 4.90 Å². The summed E-state index contributed by atoms with van der Waals surface area (Å²) < 4.78 is 5.30. The number of likely N-dealkylation sites (tertiary alicyclic amines) is 2. The molecular formula is C14H26N2O2. The molecule has 0 aliphatic carbocycles. The lowest BCUT2D eigenvalue weighted by Crippen LogP contribution is -2.36. The van der Waals surface area contributed by atoms with Gasteiger partial charge in [0.05, 0.1) is 6.61 Å². The van der Waals surface area contributed by atoms with Crippen molar-refractivity contribution in [2.75, 3.05) is 32.8 Å². The summed E-state index contributed by atoms with van der Waals surface area (Å²) in [7, 11) is 0. The number of amides is 1. The van der Waals surface area contributed by atoms with Crippen LogP contribution in [0, 0.1) is 17.8 Å². The highest BCUT2D eigenvalue weighted by molar-refractivity contribution is 5.68. The largest absolute Gasteiger partial charge is 0.449 e. The first kappa shape index (κ1) is 13.7. The highest BCUT2D eigenvalue weighted by atomic mass is 16.6. The molecule has 0 bridgehead atoms. The van der Waals surface area contributed by atoms with Gasteiger partial charge in [0.1, 0.15) is 0 Å². The van der Waals surface area contributed by atoms with E-state index < -0.39 is 0 Å². The smallest absolute Gasteiger partial charge is 0.409 e. The molecule has 2 aliphatic heterocycles. The summed E-state index contributed by atoms with van der Waals surface area (Å²) in [5.41, 5.74) is 0. The summed E-state index contributed by atoms with van der Waals surface area (Å²) in [5.74, 6) is 1.71. The van der Waals surface area contributed by atoms with Crippen molar-refractivity contribution in [2.45, 2.75) is 33.7 Å². The van der Waals surface area contributed by atoms with Gasteiger partial charge in [0, 0.05) is 32.2 Å². The van der Waals surface area contributed by atoms with Crippen LogP contribution >= 0.6 is 0 Å². The molecule has 2 rings (SSSR count). The van der Waals surface area contributed by atoms with E-state index >= 15 is 0 Å². The third kappa shape index (κ3) is 2.97. The molecule has 2 heterocycles. The van der Waals surface area contributed by atoms with Crippen LogP contribution in [0.1, 0.15) is 27.7 Å². The van der Waals surface area contributed by atoms with Crippen molar-refractivity contribution >= 4 is 6.09 Å². The molecule has 104 valence electrons. The minimum absolute atomic E-state index is 0.116. The van der Waals surface area contributed by atoms with Gasteiger partial charge in [-0.15, -0.1) is 0 Å². The second kappa shape index (κ2) is 5.47. The summed E-state index contributed by atoms with van der Waals surface area (Å²) in [6.45, 7) is 13.2. The molecule has 4 nitrogen and oxygen atoms in total. The van der Waals surface area contributed by atoms with E-state index in [0.717, 1.165) is 26.2 Å². The van der Waals surface area contributed by atoms with Crippen LogP contribution in [0.15, 0.2) is 0 Å². The Kier molecular flexibility index (Phi) is 4.15. The van der Waals surface area contributed by atoms with E-state index in [4.69, 9.17) is 4.74 Å². The lowest BCUT2D eigenvalue weighted by atomic mass is 10.0. The van der Waals surface area contributed by atoms with Crippen molar-refractivity contribution in [3.63, 3.8) is 0 Å². The Morgan fingerprint density at radius 1 is 1.11 bits per heavy atom. The maximum Gasteiger partial charge on any atom is 0.409 e. The molecule has 2 aliphatic rings. The van der Waals surface area contributed by atoms with E-state index in [2.05, 4.69) is 32.6 Å². The van der Waals surface area contributed by atoms with Crippen molar-refractivity contribution in [3.05, 3.63) is 0 Å². The molecule has 2 fully saturated rings. The maximum absolute atomic E-state index is 11.9. The lowest BCUT2D eigenvalue weighted by Gasteiger charge is -2.24. The van der Waals surface area contributed by atoms with Crippen LogP contribution in [-0.2, 0) is 4.74 Å². The van der Waals surface area contributed by atoms with Crippen LogP contribution in [0.5, 0.6) is 0 Å². The zero-order valence-corrected chi connectivity index (χ0v) is 12.1.